The molecule has 1 unspecified atom stereocenters. The van der Waals surface area contributed by atoms with Gasteiger partial charge in [0.1, 0.15) is 11.6 Å². The number of carbonyl (C=O) groups is 1. The predicted octanol–water partition coefficient (Wildman–Crippen LogP) is 2.02. The number of halogens is 1. The molecule has 92 valence electrons. The largest absolute Gasteiger partial charge is 0.497 e. The molecule has 1 aliphatic heterocycles. The number of rotatable bonds is 4. The van der Waals surface area contributed by atoms with Gasteiger partial charge in [-0.2, -0.15) is 0 Å². The van der Waals surface area contributed by atoms with E-state index in [1.807, 2.05) is 0 Å². The van der Waals surface area contributed by atoms with Crippen LogP contribution in [-0.4, -0.2) is 26.0 Å². The van der Waals surface area contributed by atoms with Gasteiger partial charge in [0.25, 0.3) is 0 Å². The monoisotopic (exact) mass is 237 g/mol. The zero-order valence-electron chi connectivity index (χ0n) is 9.83. The lowest BCUT2D eigenvalue weighted by Gasteiger charge is -2.08. The standard InChI is InChI=1S/C13H16FNO2/c1-17-10-2-3-11(12(14)7-10)13(16)6-9-4-5-15-8-9/h2-3,7,9,15H,4-6,8H2,1H3. The van der Waals surface area contributed by atoms with E-state index < -0.39 is 5.82 Å². The van der Waals surface area contributed by atoms with Gasteiger partial charge in [0.05, 0.1) is 12.7 Å². The van der Waals surface area contributed by atoms with Crippen LogP contribution in [0, 0.1) is 11.7 Å². The summed E-state index contributed by atoms with van der Waals surface area (Å²) in [5.41, 5.74) is 0.165. The fourth-order valence-electron chi connectivity index (χ4n) is 2.11. The lowest BCUT2D eigenvalue weighted by Crippen LogP contribution is -2.13. The molecule has 0 spiro atoms. The molecule has 1 atom stereocenters. The molecule has 17 heavy (non-hydrogen) atoms. The van der Waals surface area contributed by atoms with Gasteiger partial charge in [-0.25, -0.2) is 4.39 Å². The quantitative estimate of drug-likeness (QED) is 0.814. The Kier molecular flexibility index (Phi) is 3.74. The summed E-state index contributed by atoms with van der Waals surface area (Å²) < 4.78 is 18.5. The highest BCUT2D eigenvalue weighted by molar-refractivity contribution is 5.96. The maximum Gasteiger partial charge on any atom is 0.166 e. The number of methoxy groups -OCH3 is 1. The number of hydrogen-bond donors (Lipinski definition) is 1. The van der Waals surface area contributed by atoms with Crippen LogP contribution in [0.4, 0.5) is 4.39 Å². The van der Waals surface area contributed by atoms with Gasteiger partial charge in [-0.05, 0) is 37.6 Å². The molecule has 1 saturated heterocycles. The Morgan fingerprint density at radius 2 is 2.41 bits per heavy atom. The second kappa shape index (κ2) is 5.27. The molecule has 0 aromatic heterocycles. The third-order valence-corrected chi connectivity index (χ3v) is 3.11. The van der Waals surface area contributed by atoms with Crippen LogP contribution in [0.25, 0.3) is 0 Å². The number of carbonyl (C=O) groups excluding carboxylic acids is 1. The van der Waals surface area contributed by atoms with Gasteiger partial charge in [0.2, 0.25) is 0 Å². The smallest absolute Gasteiger partial charge is 0.166 e. The van der Waals surface area contributed by atoms with Crippen molar-refractivity contribution in [3.8, 4) is 5.75 Å². The van der Waals surface area contributed by atoms with E-state index >= 15 is 0 Å². The minimum Gasteiger partial charge on any atom is -0.497 e. The maximum atomic E-state index is 13.6. The predicted molar refractivity (Wildman–Crippen MR) is 62.9 cm³/mol. The molecular formula is C13H16FNO2. The van der Waals surface area contributed by atoms with Crippen LogP contribution in [-0.2, 0) is 0 Å². The Labute approximate surface area is 100.0 Å². The lowest BCUT2D eigenvalue weighted by molar-refractivity contribution is 0.0960. The Hall–Kier alpha value is -1.42. The van der Waals surface area contributed by atoms with Crippen LogP contribution >= 0.6 is 0 Å². The number of benzene rings is 1. The van der Waals surface area contributed by atoms with Crippen molar-refractivity contribution in [3.05, 3.63) is 29.6 Å². The summed E-state index contributed by atoms with van der Waals surface area (Å²) in [6, 6.07) is 4.36. The van der Waals surface area contributed by atoms with Crippen molar-refractivity contribution < 1.29 is 13.9 Å². The molecule has 2 rings (SSSR count). The normalized spacial score (nSPS) is 19.3. The summed E-state index contributed by atoms with van der Waals surface area (Å²) in [6.07, 6.45) is 1.40. The van der Waals surface area contributed by atoms with Gasteiger partial charge in [0.15, 0.2) is 5.78 Å². The van der Waals surface area contributed by atoms with E-state index in [-0.39, 0.29) is 11.3 Å². The van der Waals surface area contributed by atoms with Crippen molar-refractivity contribution in [1.29, 1.82) is 0 Å². The summed E-state index contributed by atoms with van der Waals surface area (Å²) in [5.74, 6) is 0.143. The van der Waals surface area contributed by atoms with E-state index in [0.717, 1.165) is 19.5 Å². The number of ketones is 1. The highest BCUT2D eigenvalue weighted by Crippen LogP contribution is 2.21. The fraction of sp³-hybridized carbons (Fsp3) is 0.462. The molecule has 0 bridgehead atoms. The molecular weight excluding hydrogens is 221 g/mol. The third kappa shape index (κ3) is 2.82. The second-order valence-corrected chi connectivity index (χ2v) is 4.33. The minimum atomic E-state index is -0.500. The van der Waals surface area contributed by atoms with Gasteiger partial charge < -0.3 is 10.1 Å². The Balaban J connectivity index is 2.07. The topological polar surface area (TPSA) is 38.3 Å². The fourth-order valence-corrected chi connectivity index (χ4v) is 2.11. The molecule has 4 heteroatoms. The summed E-state index contributed by atoms with van der Waals surface area (Å²) in [4.78, 5) is 11.9. The molecule has 1 aromatic carbocycles. The van der Waals surface area contributed by atoms with Crippen molar-refractivity contribution >= 4 is 5.78 Å². The van der Waals surface area contributed by atoms with Gasteiger partial charge in [-0.15, -0.1) is 0 Å². The Morgan fingerprint density at radius 3 is 3.00 bits per heavy atom. The van der Waals surface area contributed by atoms with Gasteiger partial charge in [-0.3, -0.25) is 4.79 Å². The van der Waals surface area contributed by atoms with Crippen LogP contribution < -0.4 is 10.1 Å². The van der Waals surface area contributed by atoms with Gasteiger partial charge in [0, 0.05) is 12.5 Å². The van der Waals surface area contributed by atoms with Crippen molar-refractivity contribution in [2.24, 2.45) is 5.92 Å². The molecule has 0 saturated carbocycles. The van der Waals surface area contributed by atoms with E-state index in [9.17, 15) is 9.18 Å². The Bertz CT molecular complexity index is 414. The number of Topliss-reactive ketones (excluding diaryl/α,β-unsaturated/α-hetero) is 1. The molecule has 0 aliphatic carbocycles. The van der Waals surface area contributed by atoms with E-state index in [4.69, 9.17) is 4.74 Å². The molecule has 1 aromatic rings. The SMILES string of the molecule is COc1ccc(C(=O)CC2CCNC2)c(F)c1. The summed E-state index contributed by atoms with van der Waals surface area (Å²) in [6.45, 7) is 1.80. The molecule has 1 fully saturated rings. The van der Waals surface area contributed by atoms with Crippen molar-refractivity contribution in [3.63, 3.8) is 0 Å². The first-order valence-electron chi connectivity index (χ1n) is 5.78. The summed E-state index contributed by atoms with van der Waals surface area (Å²) in [5, 5.41) is 3.20. The van der Waals surface area contributed by atoms with Crippen LogP contribution in [0.1, 0.15) is 23.2 Å². The van der Waals surface area contributed by atoms with Gasteiger partial charge >= 0.3 is 0 Å². The van der Waals surface area contributed by atoms with Crippen LogP contribution in [0.5, 0.6) is 5.75 Å². The summed E-state index contributed by atoms with van der Waals surface area (Å²) in [7, 11) is 1.47. The average Bonchev–Trinajstić information content (AvgIpc) is 2.81. The van der Waals surface area contributed by atoms with Crippen LogP contribution in [0.15, 0.2) is 18.2 Å². The van der Waals surface area contributed by atoms with Crippen molar-refractivity contribution in [2.75, 3.05) is 20.2 Å². The van der Waals surface area contributed by atoms with Crippen molar-refractivity contribution in [2.45, 2.75) is 12.8 Å². The minimum absolute atomic E-state index is 0.126. The van der Waals surface area contributed by atoms with Gasteiger partial charge in [-0.1, -0.05) is 0 Å². The van der Waals surface area contributed by atoms with E-state index in [1.165, 1.54) is 19.2 Å². The molecule has 1 heterocycles. The molecule has 0 amide bonds. The molecule has 3 nitrogen and oxygen atoms in total. The van der Waals surface area contributed by atoms with E-state index in [1.54, 1.807) is 6.07 Å². The first-order valence-corrected chi connectivity index (χ1v) is 5.78. The van der Waals surface area contributed by atoms with Crippen molar-refractivity contribution in [1.82, 2.24) is 5.32 Å². The first-order chi connectivity index (χ1) is 8.20. The van der Waals surface area contributed by atoms with E-state index in [0.29, 0.717) is 18.1 Å². The van der Waals surface area contributed by atoms with Crippen LogP contribution in [0.3, 0.4) is 0 Å². The molecule has 1 N–H and O–H groups in total. The molecule has 0 radical (unpaired) electrons. The average molecular weight is 237 g/mol. The first kappa shape index (κ1) is 12.0. The highest BCUT2D eigenvalue weighted by atomic mass is 19.1. The van der Waals surface area contributed by atoms with Crippen LogP contribution in [0.2, 0.25) is 0 Å². The second-order valence-electron chi connectivity index (χ2n) is 4.33. The zero-order chi connectivity index (χ0) is 12.3. The number of ether oxygens (including phenoxy) is 1. The highest BCUT2D eigenvalue weighted by Gasteiger charge is 2.20. The number of hydrogen-bond acceptors (Lipinski definition) is 3. The lowest BCUT2D eigenvalue weighted by atomic mass is 9.97. The Morgan fingerprint density at radius 1 is 1.59 bits per heavy atom. The molecule has 1 aliphatic rings. The third-order valence-electron chi connectivity index (χ3n) is 3.11. The zero-order valence-corrected chi connectivity index (χ0v) is 9.83. The number of nitrogens with one attached hydrogen (secondary N) is 1. The van der Waals surface area contributed by atoms with E-state index in [2.05, 4.69) is 5.32 Å². The summed E-state index contributed by atoms with van der Waals surface area (Å²) >= 11 is 0. The maximum absolute atomic E-state index is 13.6.